The fourth-order valence-corrected chi connectivity index (χ4v) is 1.68. The number of ether oxygens (including phenoxy) is 1. The lowest BCUT2D eigenvalue weighted by atomic mass is 10.1. The van der Waals surface area contributed by atoms with Crippen molar-refractivity contribution in [3.63, 3.8) is 0 Å². The lowest BCUT2D eigenvalue weighted by molar-refractivity contribution is -0.122. The summed E-state index contributed by atoms with van der Waals surface area (Å²) >= 11 is 3.24. The first-order chi connectivity index (χ1) is 7.63. The quantitative estimate of drug-likeness (QED) is 0.752. The topological polar surface area (TPSA) is 26.3 Å². The Morgan fingerprint density at radius 3 is 2.94 bits per heavy atom. The zero-order valence-corrected chi connectivity index (χ0v) is 10.7. The van der Waals surface area contributed by atoms with Gasteiger partial charge in [0, 0.05) is 17.5 Å². The third-order valence-electron chi connectivity index (χ3n) is 2.01. The van der Waals surface area contributed by atoms with Crippen LogP contribution in [0.4, 0.5) is 4.39 Å². The summed E-state index contributed by atoms with van der Waals surface area (Å²) in [7, 11) is 0. The molecular formula is C12H14BrFO2. The van der Waals surface area contributed by atoms with Gasteiger partial charge in [-0.3, -0.25) is 4.79 Å². The molecule has 0 N–H and O–H groups in total. The summed E-state index contributed by atoms with van der Waals surface area (Å²) in [5.41, 5.74) is 0.402. The number of hydrogen-bond acceptors (Lipinski definition) is 2. The van der Waals surface area contributed by atoms with Crippen LogP contribution in [0.3, 0.4) is 0 Å². The van der Waals surface area contributed by atoms with E-state index in [9.17, 15) is 9.18 Å². The van der Waals surface area contributed by atoms with E-state index < -0.39 is 0 Å². The number of Topliss-reactive ketones (excluding diaryl/α,β-unsaturated/α-hetero) is 1. The van der Waals surface area contributed by atoms with E-state index in [-0.39, 0.29) is 24.6 Å². The molecular weight excluding hydrogens is 275 g/mol. The molecule has 0 saturated carbocycles. The molecule has 0 bridgehead atoms. The average molecular weight is 289 g/mol. The van der Waals surface area contributed by atoms with E-state index in [1.54, 1.807) is 12.1 Å². The Hall–Kier alpha value is -0.740. The molecule has 0 amide bonds. The molecule has 88 valence electrons. The molecule has 1 aromatic carbocycles. The lowest BCUT2D eigenvalue weighted by Crippen LogP contribution is -2.12. The maximum Gasteiger partial charge on any atom is 0.162 e. The Morgan fingerprint density at radius 1 is 1.50 bits per heavy atom. The number of ketones is 1. The molecule has 0 fully saturated rings. The Balaban J connectivity index is 2.52. The maximum absolute atomic E-state index is 13.3. The summed E-state index contributed by atoms with van der Waals surface area (Å²) in [4.78, 5) is 11.4. The highest BCUT2D eigenvalue weighted by molar-refractivity contribution is 9.10. The van der Waals surface area contributed by atoms with Crippen LogP contribution >= 0.6 is 15.9 Å². The molecule has 0 radical (unpaired) electrons. The second-order valence-corrected chi connectivity index (χ2v) is 4.42. The van der Waals surface area contributed by atoms with Crippen molar-refractivity contribution >= 4 is 21.7 Å². The van der Waals surface area contributed by atoms with Gasteiger partial charge in [-0.1, -0.05) is 22.9 Å². The molecule has 16 heavy (non-hydrogen) atoms. The summed E-state index contributed by atoms with van der Waals surface area (Å²) in [6.45, 7) is 2.59. The summed E-state index contributed by atoms with van der Waals surface area (Å²) in [5, 5.41) is 0. The molecule has 0 aliphatic heterocycles. The van der Waals surface area contributed by atoms with Crippen molar-refractivity contribution in [2.24, 2.45) is 0 Å². The van der Waals surface area contributed by atoms with Gasteiger partial charge in [-0.15, -0.1) is 0 Å². The summed E-state index contributed by atoms with van der Waals surface area (Å²) in [6.07, 6.45) is 0.952. The van der Waals surface area contributed by atoms with Gasteiger partial charge in [0.15, 0.2) is 5.78 Å². The molecule has 0 aliphatic rings. The van der Waals surface area contributed by atoms with Crippen LogP contribution in [0.1, 0.15) is 18.9 Å². The van der Waals surface area contributed by atoms with Crippen LogP contribution in [0.5, 0.6) is 0 Å². The standard InChI is InChI=1S/C12H14BrFO2/c1-2-5-16-8-11(15)7-9-6-10(13)3-4-12(9)14/h3-4,6H,2,5,7-8H2,1H3. The smallest absolute Gasteiger partial charge is 0.162 e. The van der Waals surface area contributed by atoms with E-state index in [4.69, 9.17) is 4.74 Å². The molecule has 1 rings (SSSR count). The molecule has 0 atom stereocenters. The van der Waals surface area contributed by atoms with Gasteiger partial charge in [-0.25, -0.2) is 4.39 Å². The van der Waals surface area contributed by atoms with Crippen LogP contribution in [-0.2, 0) is 16.0 Å². The number of halogens is 2. The first-order valence-electron chi connectivity index (χ1n) is 5.17. The van der Waals surface area contributed by atoms with Crippen molar-refractivity contribution in [3.05, 3.63) is 34.1 Å². The van der Waals surface area contributed by atoms with Crippen LogP contribution in [0.25, 0.3) is 0 Å². The molecule has 2 nitrogen and oxygen atoms in total. The monoisotopic (exact) mass is 288 g/mol. The van der Waals surface area contributed by atoms with Crippen molar-refractivity contribution in [2.45, 2.75) is 19.8 Å². The number of hydrogen-bond donors (Lipinski definition) is 0. The second-order valence-electron chi connectivity index (χ2n) is 3.50. The van der Waals surface area contributed by atoms with Gasteiger partial charge in [0.2, 0.25) is 0 Å². The highest BCUT2D eigenvalue weighted by Crippen LogP contribution is 2.16. The minimum Gasteiger partial charge on any atom is -0.374 e. The molecule has 0 aromatic heterocycles. The van der Waals surface area contributed by atoms with E-state index in [1.807, 2.05) is 6.92 Å². The van der Waals surface area contributed by atoms with Crippen LogP contribution < -0.4 is 0 Å². The third kappa shape index (κ3) is 4.41. The second kappa shape index (κ2) is 6.76. The lowest BCUT2D eigenvalue weighted by Gasteiger charge is -2.04. The van der Waals surface area contributed by atoms with E-state index in [0.29, 0.717) is 12.2 Å². The first kappa shape index (κ1) is 13.3. The van der Waals surface area contributed by atoms with Gasteiger partial charge < -0.3 is 4.74 Å². The van der Waals surface area contributed by atoms with Crippen LogP contribution in [-0.4, -0.2) is 19.0 Å². The fourth-order valence-electron chi connectivity index (χ4n) is 1.27. The van der Waals surface area contributed by atoms with Gasteiger partial charge >= 0.3 is 0 Å². The van der Waals surface area contributed by atoms with Crippen molar-refractivity contribution in [2.75, 3.05) is 13.2 Å². The van der Waals surface area contributed by atoms with E-state index >= 15 is 0 Å². The van der Waals surface area contributed by atoms with E-state index in [2.05, 4.69) is 15.9 Å². The fraction of sp³-hybridized carbons (Fsp3) is 0.417. The third-order valence-corrected chi connectivity index (χ3v) is 2.50. The van der Waals surface area contributed by atoms with E-state index in [1.165, 1.54) is 6.07 Å². The van der Waals surface area contributed by atoms with Crippen molar-refractivity contribution in [1.82, 2.24) is 0 Å². The Morgan fingerprint density at radius 2 is 2.25 bits per heavy atom. The Kier molecular flexibility index (Phi) is 5.63. The highest BCUT2D eigenvalue weighted by atomic mass is 79.9. The molecule has 0 unspecified atom stereocenters. The van der Waals surface area contributed by atoms with Gasteiger partial charge in [0.1, 0.15) is 12.4 Å². The van der Waals surface area contributed by atoms with Crippen molar-refractivity contribution < 1.29 is 13.9 Å². The van der Waals surface area contributed by atoms with Gasteiger partial charge in [0.25, 0.3) is 0 Å². The number of carbonyl (C=O) groups excluding carboxylic acids is 1. The predicted molar refractivity (Wildman–Crippen MR) is 63.9 cm³/mol. The normalized spacial score (nSPS) is 10.4. The summed E-state index contributed by atoms with van der Waals surface area (Å²) < 4.78 is 19.2. The van der Waals surface area contributed by atoms with Gasteiger partial charge in [0.05, 0.1) is 0 Å². The number of rotatable bonds is 6. The number of carbonyl (C=O) groups is 1. The molecule has 0 heterocycles. The van der Waals surface area contributed by atoms with Crippen molar-refractivity contribution in [1.29, 1.82) is 0 Å². The van der Waals surface area contributed by atoms with Crippen LogP contribution in [0.2, 0.25) is 0 Å². The largest absolute Gasteiger partial charge is 0.374 e. The van der Waals surface area contributed by atoms with Crippen LogP contribution in [0.15, 0.2) is 22.7 Å². The van der Waals surface area contributed by atoms with Crippen LogP contribution in [0, 0.1) is 5.82 Å². The minimum atomic E-state index is -0.355. The number of benzene rings is 1. The maximum atomic E-state index is 13.3. The SMILES string of the molecule is CCCOCC(=O)Cc1cc(Br)ccc1F. The molecule has 1 aromatic rings. The minimum absolute atomic E-state index is 0.0554. The van der Waals surface area contributed by atoms with Gasteiger partial charge in [-0.05, 0) is 30.2 Å². The Bertz CT molecular complexity index is 366. The summed E-state index contributed by atoms with van der Waals surface area (Å²) in [6, 6.07) is 4.57. The molecule has 0 spiro atoms. The first-order valence-corrected chi connectivity index (χ1v) is 5.96. The molecule has 0 saturated heterocycles. The Labute approximate surface area is 103 Å². The highest BCUT2D eigenvalue weighted by Gasteiger charge is 2.08. The zero-order valence-electron chi connectivity index (χ0n) is 9.13. The zero-order chi connectivity index (χ0) is 12.0. The predicted octanol–water partition coefficient (Wildman–Crippen LogP) is 3.13. The van der Waals surface area contributed by atoms with Gasteiger partial charge in [-0.2, -0.15) is 0 Å². The average Bonchev–Trinajstić information content (AvgIpc) is 2.24. The van der Waals surface area contributed by atoms with E-state index in [0.717, 1.165) is 10.9 Å². The molecule has 4 heteroatoms. The summed E-state index contributed by atoms with van der Waals surface area (Å²) in [5.74, 6) is -0.461. The van der Waals surface area contributed by atoms with Crippen molar-refractivity contribution in [3.8, 4) is 0 Å². The molecule has 0 aliphatic carbocycles.